The van der Waals surface area contributed by atoms with Crippen molar-refractivity contribution in [2.75, 3.05) is 13.1 Å². The highest BCUT2D eigenvalue weighted by molar-refractivity contribution is 9.10. The molecule has 1 aliphatic heterocycles. The molecule has 3 heteroatoms. The Morgan fingerprint density at radius 3 is 2.40 bits per heavy atom. The fraction of sp³-hybridized carbons (Fsp3) is 0.500. The van der Waals surface area contributed by atoms with Crippen LogP contribution in [0.1, 0.15) is 12.8 Å². The molecule has 1 spiro atoms. The van der Waals surface area contributed by atoms with Crippen molar-refractivity contribution in [2.24, 2.45) is 5.41 Å². The molecule has 1 saturated carbocycles. The van der Waals surface area contributed by atoms with Crippen molar-refractivity contribution >= 4 is 15.9 Å². The molecule has 1 aromatic carbocycles. The number of hydrogen-bond donors (Lipinski definition) is 1. The first-order valence-electron chi connectivity index (χ1n) is 5.39. The predicted octanol–water partition coefficient (Wildman–Crippen LogP) is 2.58. The van der Waals surface area contributed by atoms with Crippen LogP contribution in [0, 0.1) is 5.41 Å². The van der Waals surface area contributed by atoms with E-state index in [0.29, 0.717) is 11.5 Å². The SMILES string of the molecule is Brc1ccc(OC2CC3(CNC3)C2)cc1. The second-order valence-corrected chi connectivity index (χ2v) is 5.62. The summed E-state index contributed by atoms with van der Waals surface area (Å²) < 4.78 is 6.99. The van der Waals surface area contributed by atoms with E-state index in [1.807, 2.05) is 24.3 Å². The van der Waals surface area contributed by atoms with E-state index in [9.17, 15) is 0 Å². The van der Waals surface area contributed by atoms with E-state index in [-0.39, 0.29) is 0 Å². The zero-order chi connectivity index (χ0) is 10.3. The third kappa shape index (κ3) is 1.79. The van der Waals surface area contributed by atoms with Gasteiger partial charge < -0.3 is 10.1 Å². The minimum Gasteiger partial charge on any atom is -0.490 e. The van der Waals surface area contributed by atoms with Crippen molar-refractivity contribution in [1.82, 2.24) is 5.32 Å². The number of hydrogen-bond acceptors (Lipinski definition) is 2. The van der Waals surface area contributed by atoms with Gasteiger partial charge in [0.25, 0.3) is 0 Å². The number of ether oxygens (including phenoxy) is 1. The Morgan fingerprint density at radius 1 is 1.20 bits per heavy atom. The van der Waals surface area contributed by atoms with Crippen LogP contribution in [0.15, 0.2) is 28.7 Å². The maximum atomic E-state index is 5.89. The van der Waals surface area contributed by atoms with E-state index < -0.39 is 0 Å². The van der Waals surface area contributed by atoms with Crippen LogP contribution in [0.25, 0.3) is 0 Å². The molecule has 15 heavy (non-hydrogen) atoms. The van der Waals surface area contributed by atoms with Gasteiger partial charge in [0, 0.05) is 23.0 Å². The van der Waals surface area contributed by atoms with Crippen LogP contribution in [0.5, 0.6) is 5.75 Å². The van der Waals surface area contributed by atoms with Gasteiger partial charge in [0.2, 0.25) is 0 Å². The maximum absolute atomic E-state index is 5.89. The van der Waals surface area contributed by atoms with Crippen LogP contribution in [0.4, 0.5) is 0 Å². The average Bonchev–Trinajstić information content (AvgIpc) is 2.10. The molecule has 0 unspecified atom stereocenters. The topological polar surface area (TPSA) is 21.3 Å². The van der Waals surface area contributed by atoms with E-state index in [0.717, 1.165) is 10.2 Å². The lowest BCUT2D eigenvalue weighted by Crippen LogP contribution is -2.62. The van der Waals surface area contributed by atoms with E-state index >= 15 is 0 Å². The number of benzene rings is 1. The Labute approximate surface area is 98.1 Å². The number of nitrogens with one attached hydrogen (secondary N) is 1. The minimum absolute atomic E-state index is 0.438. The summed E-state index contributed by atoms with van der Waals surface area (Å²) >= 11 is 3.42. The highest BCUT2D eigenvalue weighted by Crippen LogP contribution is 2.45. The average molecular weight is 268 g/mol. The van der Waals surface area contributed by atoms with Gasteiger partial charge in [-0.1, -0.05) is 15.9 Å². The molecule has 1 aliphatic carbocycles. The van der Waals surface area contributed by atoms with Gasteiger partial charge in [0.05, 0.1) is 6.10 Å². The Balaban J connectivity index is 1.56. The first kappa shape index (κ1) is 9.67. The van der Waals surface area contributed by atoms with E-state index in [1.165, 1.54) is 25.9 Å². The lowest BCUT2D eigenvalue weighted by atomic mass is 9.63. The van der Waals surface area contributed by atoms with E-state index in [1.54, 1.807) is 0 Å². The van der Waals surface area contributed by atoms with Crippen molar-refractivity contribution in [2.45, 2.75) is 18.9 Å². The zero-order valence-electron chi connectivity index (χ0n) is 8.50. The number of rotatable bonds is 2. The third-order valence-corrected chi connectivity index (χ3v) is 3.97. The second kappa shape index (κ2) is 3.49. The molecule has 1 aromatic rings. The Morgan fingerprint density at radius 2 is 1.87 bits per heavy atom. The second-order valence-electron chi connectivity index (χ2n) is 4.71. The van der Waals surface area contributed by atoms with Crippen LogP contribution < -0.4 is 10.1 Å². The molecule has 80 valence electrons. The minimum atomic E-state index is 0.438. The van der Waals surface area contributed by atoms with Crippen molar-refractivity contribution in [1.29, 1.82) is 0 Å². The molecular weight excluding hydrogens is 254 g/mol. The fourth-order valence-corrected chi connectivity index (χ4v) is 2.73. The highest BCUT2D eigenvalue weighted by Gasteiger charge is 2.49. The number of halogens is 1. The Hall–Kier alpha value is -0.540. The van der Waals surface area contributed by atoms with Crippen molar-refractivity contribution < 1.29 is 4.74 Å². The smallest absolute Gasteiger partial charge is 0.119 e. The van der Waals surface area contributed by atoms with Gasteiger partial charge in [-0.05, 0) is 37.1 Å². The first-order chi connectivity index (χ1) is 7.26. The molecule has 2 aliphatic rings. The fourth-order valence-electron chi connectivity index (χ4n) is 2.46. The van der Waals surface area contributed by atoms with Gasteiger partial charge in [-0.3, -0.25) is 0 Å². The van der Waals surface area contributed by atoms with Crippen LogP contribution in [-0.2, 0) is 0 Å². The Kier molecular flexibility index (Phi) is 2.25. The van der Waals surface area contributed by atoms with Crippen molar-refractivity contribution in [3.05, 3.63) is 28.7 Å². The van der Waals surface area contributed by atoms with Gasteiger partial charge in [-0.2, -0.15) is 0 Å². The quantitative estimate of drug-likeness (QED) is 0.890. The molecule has 0 amide bonds. The standard InChI is InChI=1S/C12H14BrNO/c13-9-1-3-10(4-2-9)15-11-5-12(6-11)7-14-8-12/h1-4,11,14H,5-8H2. The summed E-state index contributed by atoms with van der Waals surface area (Å²) in [6.45, 7) is 2.38. The first-order valence-corrected chi connectivity index (χ1v) is 6.18. The molecule has 3 rings (SSSR count). The molecular formula is C12H14BrNO. The van der Waals surface area contributed by atoms with Gasteiger partial charge in [0.15, 0.2) is 0 Å². The van der Waals surface area contributed by atoms with Crippen molar-refractivity contribution in [3.8, 4) is 5.75 Å². The highest BCUT2D eigenvalue weighted by atomic mass is 79.9. The molecule has 0 radical (unpaired) electrons. The molecule has 0 bridgehead atoms. The molecule has 2 fully saturated rings. The van der Waals surface area contributed by atoms with Crippen LogP contribution in [0.3, 0.4) is 0 Å². The third-order valence-electron chi connectivity index (χ3n) is 3.44. The van der Waals surface area contributed by atoms with Gasteiger partial charge in [-0.15, -0.1) is 0 Å². The lowest BCUT2D eigenvalue weighted by molar-refractivity contribution is -0.0495. The summed E-state index contributed by atoms with van der Waals surface area (Å²) in [6.07, 6.45) is 2.87. The predicted molar refractivity (Wildman–Crippen MR) is 63.1 cm³/mol. The lowest BCUT2D eigenvalue weighted by Gasteiger charge is -2.53. The summed E-state index contributed by atoms with van der Waals surface area (Å²) in [5.41, 5.74) is 0.597. The summed E-state index contributed by atoms with van der Waals surface area (Å²) in [6, 6.07) is 8.09. The Bertz CT molecular complexity index is 350. The zero-order valence-corrected chi connectivity index (χ0v) is 10.1. The van der Waals surface area contributed by atoms with Gasteiger partial charge in [-0.25, -0.2) is 0 Å². The molecule has 1 N–H and O–H groups in total. The summed E-state index contributed by atoms with van der Waals surface area (Å²) in [5, 5.41) is 3.33. The normalized spacial score (nSPS) is 23.3. The molecule has 1 saturated heterocycles. The van der Waals surface area contributed by atoms with E-state index in [2.05, 4.69) is 21.2 Å². The van der Waals surface area contributed by atoms with E-state index in [4.69, 9.17) is 4.74 Å². The monoisotopic (exact) mass is 267 g/mol. The van der Waals surface area contributed by atoms with Gasteiger partial charge in [0.1, 0.15) is 5.75 Å². The van der Waals surface area contributed by atoms with Gasteiger partial charge >= 0.3 is 0 Å². The van der Waals surface area contributed by atoms with Crippen LogP contribution in [0.2, 0.25) is 0 Å². The van der Waals surface area contributed by atoms with Crippen molar-refractivity contribution in [3.63, 3.8) is 0 Å². The largest absolute Gasteiger partial charge is 0.490 e. The van der Waals surface area contributed by atoms with Crippen LogP contribution in [-0.4, -0.2) is 19.2 Å². The molecule has 0 atom stereocenters. The summed E-state index contributed by atoms with van der Waals surface area (Å²) in [7, 11) is 0. The molecule has 0 aromatic heterocycles. The molecule has 1 heterocycles. The summed E-state index contributed by atoms with van der Waals surface area (Å²) in [5.74, 6) is 0.991. The maximum Gasteiger partial charge on any atom is 0.119 e. The van der Waals surface area contributed by atoms with Crippen LogP contribution >= 0.6 is 15.9 Å². The summed E-state index contributed by atoms with van der Waals surface area (Å²) in [4.78, 5) is 0. The molecule has 2 nitrogen and oxygen atoms in total.